The molecular weight excluding hydrogens is 240 g/mol. The molecule has 0 aromatic rings. The molecule has 0 aromatic heterocycles. The van der Waals surface area contributed by atoms with Crippen molar-refractivity contribution >= 4 is 15.9 Å². The maximum atomic E-state index is 6.01. The van der Waals surface area contributed by atoms with Crippen LogP contribution in [0.1, 0.15) is 6.92 Å². The highest BCUT2D eigenvalue weighted by Crippen LogP contribution is 2.29. The number of hydrogen-bond acceptors (Lipinski definition) is 2. The lowest BCUT2D eigenvalue weighted by atomic mass is 10.1. The van der Waals surface area contributed by atoms with E-state index in [0.717, 1.165) is 27.1 Å². The molecule has 14 heavy (non-hydrogen) atoms. The van der Waals surface area contributed by atoms with Gasteiger partial charge in [0.1, 0.15) is 0 Å². The average Bonchev–Trinajstić information content (AvgIpc) is 2.39. The van der Waals surface area contributed by atoms with E-state index in [1.807, 2.05) is 37.3 Å². The highest BCUT2D eigenvalue weighted by atomic mass is 79.9. The van der Waals surface area contributed by atoms with Crippen molar-refractivity contribution in [2.45, 2.75) is 6.92 Å². The molecule has 0 amide bonds. The van der Waals surface area contributed by atoms with Crippen LogP contribution < -0.4 is 11.1 Å². The van der Waals surface area contributed by atoms with Gasteiger partial charge in [-0.05, 0) is 28.9 Å². The lowest BCUT2D eigenvalue weighted by molar-refractivity contribution is 0.947. The van der Waals surface area contributed by atoms with E-state index in [0.29, 0.717) is 0 Å². The molecule has 0 bridgehead atoms. The molecule has 2 rings (SSSR count). The summed E-state index contributed by atoms with van der Waals surface area (Å²) in [6, 6.07) is 0. The molecule has 0 saturated carbocycles. The Morgan fingerprint density at radius 1 is 1.29 bits per heavy atom. The van der Waals surface area contributed by atoms with Gasteiger partial charge in [0.15, 0.2) is 0 Å². The van der Waals surface area contributed by atoms with Gasteiger partial charge in [-0.25, -0.2) is 0 Å². The molecule has 3 heteroatoms. The van der Waals surface area contributed by atoms with Gasteiger partial charge in [0, 0.05) is 17.0 Å². The second-order valence-electron chi connectivity index (χ2n) is 3.22. The Kier molecular flexibility index (Phi) is 2.33. The molecule has 1 heterocycles. The SMILES string of the molecule is CC1=C(Br)C(N)=C2C=CC=CC=C2N1. The largest absolute Gasteiger partial charge is 0.397 e. The Bertz CT molecular complexity index is 423. The molecule has 0 spiro atoms. The minimum Gasteiger partial charge on any atom is -0.397 e. The zero-order valence-electron chi connectivity index (χ0n) is 7.84. The third-order valence-corrected chi connectivity index (χ3v) is 3.24. The molecule has 1 aliphatic carbocycles. The summed E-state index contributed by atoms with van der Waals surface area (Å²) in [7, 11) is 0. The predicted octanol–water partition coefficient (Wildman–Crippen LogP) is 2.44. The van der Waals surface area contributed by atoms with E-state index >= 15 is 0 Å². The molecule has 0 aromatic carbocycles. The molecule has 1 aliphatic heterocycles. The van der Waals surface area contributed by atoms with Crippen LogP contribution in [0.15, 0.2) is 57.5 Å². The monoisotopic (exact) mass is 250 g/mol. The lowest BCUT2D eigenvalue weighted by Crippen LogP contribution is -2.22. The highest BCUT2D eigenvalue weighted by Gasteiger charge is 2.17. The van der Waals surface area contributed by atoms with Gasteiger partial charge in [0.2, 0.25) is 0 Å². The zero-order chi connectivity index (χ0) is 10.1. The smallest absolute Gasteiger partial charge is 0.0601 e. The highest BCUT2D eigenvalue weighted by molar-refractivity contribution is 9.12. The third kappa shape index (κ3) is 1.44. The first-order chi connectivity index (χ1) is 6.70. The molecule has 2 aliphatic rings. The molecule has 72 valence electrons. The number of hydrogen-bond donors (Lipinski definition) is 2. The normalized spacial score (nSPS) is 20.3. The van der Waals surface area contributed by atoms with Gasteiger partial charge in [-0.2, -0.15) is 0 Å². The van der Waals surface area contributed by atoms with Gasteiger partial charge in [0.25, 0.3) is 0 Å². The summed E-state index contributed by atoms with van der Waals surface area (Å²) in [6.45, 7) is 1.99. The first kappa shape index (κ1) is 9.34. The van der Waals surface area contributed by atoms with Crippen LogP contribution in [0.3, 0.4) is 0 Å². The van der Waals surface area contributed by atoms with Crippen molar-refractivity contribution in [2.24, 2.45) is 5.73 Å². The number of halogens is 1. The topological polar surface area (TPSA) is 38.0 Å². The maximum Gasteiger partial charge on any atom is 0.0601 e. The predicted molar refractivity (Wildman–Crippen MR) is 62.3 cm³/mol. The van der Waals surface area contributed by atoms with Gasteiger partial charge in [-0.3, -0.25) is 0 Å². The van der Waals surface area contributed by atoms with Crippen LogP contribution in [0.25, 0.3) is 0 Å². The van der Waals surface area contributed by atoms with Crippen molar-refractivity contribution in [1.29, 1.82) is 0 Å². The molecule has 0 unspecified atom stereocenters. The number of rotatable bonds is 0. The Morgan fingerprint density at radius 3 is 2.86 bits per heavy atom. The van der Waals surface area contributed by atoms with E-state index in [1.165, 1.54) is 0 Å². The lowest BCUT2D eigenvalue weighted by Gasteiger charge is -2.21. The Morgan fingerprint density at radius 2 is 2.07 bits per heavy atom. The fourth-order valence-corrected chi connectivity index (χ4v) is 1.78. The van der Waals surface area contributed by atoms with Gasteiger partial charge in [0.05, 0.1) is 10.2 Å². The number of allylic oxidation sites excluding steroid dienone is 7. The summed E-state index contributed by atoms with van der Waals surface area (Å²) in [5.41, 5.74) is 9.92. The Hall–Kier alpha value is -1.22. The Labute approximate surface area is 91.7 Å². The molecule has 3 N–H and O–H groups in total. The molecule has 0 saturated heterocycles. The van der Waals surface area contributed by atoms with Crippen LogP contribution >= 0.6 is 15.9 Å². The van der Waals surface area contributed by atoms with Crippen LogP contribution in [-0.4, -0.2) is 0 Å². The summed E-state index contributed by atoms with van der Waals surface area (Å²) in [6.07, 6.45) is 9.98. The molecule has 2 nitrogen and oxygen atoms in total. The van der Waals surface area contributed by atoms with Crippen LogP contribution in [0.5, 0.6) is 0 Å². The first-order valence-corrected chi connectivity index (χ1v) is 5.18. The van der Waals surface area contributed by atoms with Crippen LogP contribution in [0, 0.1) is 0 Å². The van der Waals surface area contributed by atoms with Gasteiger partial charge < -0.3 is 11.1 Å². The van der Waals surface area contributed by atoms with E-state index < -0.39 is 0 Å². The van der Waals surface area contributed by atoms with Crippen molar-refractivity contribution in [2.75, 3.05) is 0 Å². The van der Waals surface area contributed by atoms with Crippen molar-refractivity contribution in [1.82, 2.24) is 5.32 Å². The van der Waals surface area contributed by atoms with Gasteiger partial charge >= 0.3 is 0 Å². The number of nitrogens with two attached hydrogens (primary N) is 1. The van der Waals surface area contributed by atoms with Crippen LogP contribution in [0.4, 0.5) is 0 Å². The van der Waals surface area contributed by atoms with E-state index in [1.54, 1.807) is 0 Å². The van der Waals surface area contributed by atoms with E-state index in [4.69, 9.17) is 5.73 Å². The maximum absolute atomic E-state index is 6.01. The Balaban J connectivity index is 2.58. The van der Waals surface area contributed by atoms with Crippen molar-refractivity contribution in [3.05, 3.63) is 57.5 Å². The molecule has 0 radical (unpaired) electrons. The summed E-state index contributed by atoms with van der Waals surface area (Å²) < 4.78 is 0.941. The van der Waals surface area contributed by atoms with Crippen LogP contribution in [-0.2, 0) is 0 Å². The number of dihydropyridines is 1. The number of fused-ring (bicyclic) bond motifs is 1. The molecular formula is C11H11BrN2. The fourth-order valence-electron chi connectivity index (χ4n) is 1.47. The van der Waals surface area contributed by atoms with Crippen molar-refractivity contribution < 1.29 is 0 Å². The zero-order valence-corrected chi connectivity index (χ0v) is 9.43. The minimum absolute atomic E-state index is 0.785. The fraction of sp³-hybridized carbons (Fsp3) is 0.0909. The summed E-state index contributed by atoms with van der Waals surface area (Å²) in [4.78, 5) is 0. The van der Waals surface area contributed by atoms with E-state index in [9.17, 15) is 0 Å². The average molecular weight is 251 g/mol. The second kappa shape index (κ2) is 3.50. The first-order valence-electron chi connectivity index (χ1n) is 4.39. The quantitative estimate of drug-likeness (QED) is 0.694. The summed E-state index contributed by atoms with van der Waals surface area (Å²) in [5, 5.41) is 3.29. The van der Waals surface area contributed by atoms with Crippen molar-refractivity contribution in [3.63, 3.8) is 0 Å². The second-order valence-corrected chi connectivity index (χ2v) is 4.01. The summed E-state index contributed by atoms with van der Waals surface area (Å²) >= 11 is 3.46. The van der Waals surface area contributed by atoms with E-state index in [2.05, 4.69) is 21.2 Å². The standard InChI is InChI=1S/C11H11BrN2/c1-7-10(12)11(13)8-5-3-2-4-6-9(8)14-7/h2-6,14H,13H2,1H3. The van der Waals surface area contributed by atoms with Crippen LogP contribution in [0.2, 0.25) is 0 Å². The molecule has 0 atom stereocenters. The molecule has 0 fully saturated rings. The van der Waals surface area contributed by atoms with Crippen molar-refractivity contribution in [3.8, 4) is 0 Å². The minimum atomic E-state index is 0.785. The third-order valence-electron chi connectivity index (χ3n) is 2.22. The summed E-state index contributed by atoms with van der Waals surface area (Å²) in [5.74, 6) is 0. The van der Waals surface area contributed by atoms with E-state index in [-0.39, 0.29) is 0 Å². The van der Waals surface area contributed by atoms with Gasteiger partial charge in [-0.1, -0.05) is 24.3 Å². The van der Waals surface area contributed by atoms with Gasteiger partial charge in [-0.15, -0.1) is 0 Å². The number of nitrogens with one attached hydrogen (secondary N) is 1.